The first kappa shape index (κ1) is 13.0. The van der Waals surface area contributed by atoms with E-state index >= 15 is 0 Å². The average molecular weight is 236 g/mol. The lowest BCUT2D eigenvalue weighted by Gasteiger charge is -2.24. The first-order valence-corrected chi connectivity index (χ1v) is 5.31. The first-order chi connectivity index (χ1) is 7.90. The van der Waals surface area contributed by atoms with Gasteiger partial charge in [0.15, 0.2) is 0 Å². The summed E-state index contributed by atoms with van der Waals surface area (Å²) in [4.78, 5) is 22.9. The van der Waals surface area contributed by atoms with Crippen LogP contribution in [0.25, 0.3) is 0 Å². The average Bonchev–Trinajstić information content (AvgIpc) is 2.29. The second-order valence-corrected chi connectivity index (χ2v) is 4.03. The molecule has 4 N–H and O–H groups in total. The molecule has 0 spiro atoms. The Kier molecular flexibility index (Phi) is 3.73. The number of carboxylic acid groups (broad SMARTS) is 1. The minimum Gasteiger partial charge on any atom is -0.480 e. The number of nitrogens with two attached hydrogens (primary N) is 1. The monoisotopic (exact) mass is 236 g/mol. The molecule has 92 valence electrons. The molecule has 1 aromatic rings. The number of carbonyl (C=O) groups is 2. The highest BCUT2D eigenvalue weighted by Crippen LogP contribution is 2.14. The molecular weight excluding hydrogens is 220 g/mol. The van der Waals surface area contributed by atoms with E-state index in [0.29, 0.717) is 12.1 Å². The zero-order valence-corrected chi connectivity index (χ0v) is 9.86. The Balaban J connectivity index is 2.93. The molecule has 1 atom stereocenters. The van der Waals surface area contributed by atoms with Crippen molar-refractivity contribution < 1.29 is 14.7 Å². The SMILES string of the molecule is CCC(C)(NC(=O)c1ccccc1N)C(=O)O. The number of anilines is 1. The normalized spacial score (nSPS) is 13.8. The van der Waals surface area contributed by atoms with E-state index in [0.717, 1.165) is 0 Å². The van der Waals surface area contributed by atoms with E-state index in [1.54, 1.807) is 31.2 Å². The van der Waals surface area contributed by atoms with Crippen molar-refractivity contribution in [3.8, 4) is 0 Å². The molecule has 0 saturated heterocycles. The number of nitrogen functional groups attached to an aromatic ring is 1. The summed E-state index contributed by atoms with van der Waals surface area (Å²) in [5.74, 6) is -1.54. The molecule has 1 amide bonds. The lowest BCUT2D eigenvalue weighted by Crippen LogP contribution is -2.51. The highest BCUT2D eigenvalue weighted by atomic mass is 16.4. The van der Waals surface area contributed by atoms with Gasteiger partial charge in [0.1, 0.15) is 5.54 Å². The van der Waals surface area contributed by atoms with Gasteiger partial charge in [-0.25, -0.2) is 4.79 Å². The van der Waals surface area contributed by atoms with E-state index in [9.17, 15) is 9.59 Å². The number of hydrogen-bond donors (Lipinski definition) is 3. The Morgan fingerprint density at radius 3 is 2.47 bits per heavy atom. The van der Waals surface area contributed by atoms with Crippen molar-refractivity contribution in [1.29, 1.82) is 0 Å². The minimum atomic E-state index is -1.28. The largest absolute Gasteiger partial charge is 0.480 e. The van der Waals surface area contributed by atoms with Crippen molar-refractivity contribution in [2.75, 3.05) is 5.73 Å². The molecule has 0 aliphatic rings. The van der Waals surface area contributed by atoms with E-state index in [1.807, 2.05) is 0 Å². The molecule has 0 aromatic heterocycles. The summed E-state index contributed by atoms with van der Waals surface area (Å²) in [6, 6.07) is 6.54. The Morgan fingerprint density at radius 2 is 2.00 bits per heavy atom. The number of amides is 1. The van der Waals surface area contributed by atoms with Gasteiger partial charge in [0.05, 0.1) is 5.56 Å². The molecule has 1 unspecified atom stereocenters. The minimum absolute atomic E-state index is 0.286. The number of rotatable bonds is 4. The molecular formula is C12H16N2O3. The summed E-state index contributed by atoms with van der Waals surface area (Å²) in [6.07, 6.45) is 0.292. The predicted molar refractivity (Wildman–Crippen MR) is 64.7 cm³/mol. The van der Waals surface area contributed by atoms with Crippen molar-refractivity contribution in [2.45, 2.75) is 25.8 Å². The second kappa shape index (κ2) is 4.86. The zero-order chi connectivity index (χ0) is 13.1. The van der Waals surface area contributed by atoms with Crippen LogP contribution in [0.5, 0.6) is 0 Å². The van der Waals surface area contributed by atoms with Crippen LogP contribution in [0.3, 0.4) is 0 Å². The molecule has 17 heavy (non-hydrogen) atoms. The number of hydrogen-bond acceptors (Lipinski definition) is 3. The van der Waals surface area contributed by atoms with Gasteiger partial charge in [-0.1, -0.05) is 19.1 Å². The molecule has 5 heteroatoms. The smallest absolute Gasteiger partial charge is 0.329 e. The maximum absolute atomic E-state index is 11.9. The van der Waals surface area contributed by atoms with Gasteiger partial charge < -0.3 is 16.2 Å². The van der Waals surface area contributed by atoms with Gasteiger partial charge >= 0.3 is 5.97 Å². The summed E-state index contributed by atoms with van der Waals surface area (Å²) in [7, 11) is 0. The van der Waals surface area contributed by atoms with Crippen LogP contribution in [-0.2, 0) is 4.79 Å². The van der Waals surface area contributed by atoms with E-state index < -0.39 is 17.4 Å². The van der Waals surface area contributed by atoms with Crippen LogP contribution in [0.4, 0.5) is 5.69 Å². The number of benzene rings is 1. The summed E-state index contributed by atoms with van der Waals surface area (Å²) in [6.45, 7) is 3.16. The fourth-order valence-corrected chi connectivity index (χ4v) is 1.31. The molecule has 0 bridgehead atoms. The maximum atomic E-state index is 11.9. The maximum Gasteiger partial charge on any atom is 0.329 e. The van der Waals surface area contributed by atoms with Crippen LogP contribution in [0.15, 0.2) is 24.3 Å². The van der Waals surface area contributed by atoms with Crippen molar-refractivity contribution in [2.24, 2.45) is 0 Å². The zero-order valence-electron chi connectivity index (χ0n) is 9.86. The molecule has 1 rings (SSSR count). The van der Waals surface area contributed by atoms with Gasteiger partial charge in [0.25, 0.3) is 5.91 Å². The predicted octanol–water partition coefficient (Wildman–Crippen LogP) is 1.25. The van der Waals surface area contributed by atoms with Crippen LogP contribution in [0.1, 0.15) is 30.6 Å². The van der Waals surface area contributed by atoms with Gasteiger partial charge in [-0.3, -0.25) is 4.79 Å². The fourth-order valence-electron chi connectivity index (χ4n) is 1.31. The molecule has 0 heterocycles. The summed E-state index contributed by atoms with van der Waals surface area (Å²) in [5, 5.41) is 11.5. The molecule has 0 radical (unpaired) electrons. The third-order valence-corrected chi connectivity index (χ3v) is 2.77. The molecule has 0 aliphatic carbocycles. The summed E-state index contributed by atoms with van der Waals surface area (Å²) in [5.41, 5.74) is 4.98. The van der Waals surface area contributed by atoms with Gasteiger partial charge in [-0.2, -0.15) is 0 Å². The van der Waals surface area contributed by atoms with Crippen molar-refractivity contribution in [3.63, 3.8) is 0 Å². The van der Waals surface area contributed by atoms with Gasteiger partial charge in [-0.05, 0) is 25.5 Å². The van der Waals surface area contributed by atoms with Crippen LogP contribution in [0.2, 0.25) is 0 Å². The second-order valence-electron chi connectivity index (χ2n) is 4.03. The van der Waals surface area contributed by atoms with Crippen LogP contribution in [0, 0.1) is 0 Å². The van der Waals surface area contributed by atoms with Gasteiger partial charge in [-0.15, -0.1) is 0 Å². The molecule has 0 saturated carbocycles. The Labute approximate surface area is 99.6 Å². The third-order valence-electron chi connectivity index (χ3n) is 2.77. The Morgan fingerprint density at radius 1 is 1.41 bits per heavy atom. The van der Waals surface area contributed by atoms with Crippen LogP contribution in [-0.4, -0.2) is 22.5 Å². The van der Waals surface area contributed by atoms with Gasteiger partial charge in [0.2, 0.25) is 0 Å². The lowest BCUT2D eigenvalue weighted by molar-refractivity contribution is -0.143. The first-order valence-electron chi connectivity index (χ1n) is 5.31. The summed E-state index contributed by atoms with van der Waals surface area (Å²) >= 11 is 0. The number of para-hydroxylation sites is 1. The highest BCUT2D eigenvalue weighted by molar-refractivity contribution is 6.01. The number of carbonyl (C=O) groups excluding carboxylic acids is 1. The lowest BCUT2D eigenvalue weighted by atomic mass is 9.98. The van der Waals surface area contributed by atoms with E-state index in [4.69, 9.17) is 10.8 Å². The quantitative estimate of drug-likeness (QED) is 0.686. The molecule has 5 nitrogen and oxygen atoms in total. The van der Waals surface area contributed by atoms with E-state index in [-0.39, 0.29) is 5.56 Å². The Hall–Kier alpha value is -2.04. The van der Waals surface area contributed by atoms with E-state index in [2.05, 4.69) is 5.32 Å². The van der Waals surface area contributed by atoms with Crippen LogP contribution < -0.4 is 11.1 Å². The summed E-state index contributed by atoms with van der Waals surface area (Å²) < 4.78 is 0. The highest BCUT2D eigenvalue weighted by Gasteiger charge is 2.33. The number of nitrogens with one attached hydrogen (secondary N) is 1. The number of aliphatic carboxylic acids is 1. The number of carboxylic acids is 1. The van der Waals surface area contributed by atoms with Crippen molar-refractivity contribution >= 4 is 17.6 Å². The topological polar surface area (TPSA) is 92.4 Å². The fraction of sp³-hybridized carbons (Fsp3) is 0.333. The van der Waals surface area contributed by atoms with Gasteiger partial charge in [0, 0.05) is 5.69 Å². The standard InChI is InChI=1S/C12H16N2O3/c1-3-12(2,11(16)17)14-10(15)8-6-4-5-7-9(8)13/h4-7H,3,13H2,1-2H3,(H,14,15)(H,16,17). The van der Waals surface area contributed by atoms with Crippen molar-refractivity contribution in [3.05, 3.63) is 29.8 Å². The molecule has 1 aromatic carbocycles. The van der Waals surface area contributed by atoms with E-state index in [1.165, 1.54) is 6.92 Å². The molecule has 0 aliphatic heterocycles. The van der Waals surface area contributed by atoms with Crippen LogP contribution >= 0.6 is 0 Å². The van der Waals surface area contributed by atoms with Crippen molar-refractivity contribution in [1.82, 2.24) is 5.32 Å². The molecule has 0 fully saturated rings. The third kappa shape index (κ3) is 2.75. The Bertz CT molecular complexity index is 445.